The van der Waals surface area contributed by atoms with Crippen molar-refractivity contribution in [2.45, 2.75) is 0 Å². The van der Waals surface area contributed by atoms with Crippen LogP contribution in [-0.2, 0) is 0 Å². The smallest absolute Gasteiger partial charge is 0.140 e. The van der Waals surface area contributed by atoms with E-state index in [1.807, 2.05) is 0 Å². The molecule has 0 fully saturated rings. The van der Waals surface area contributed by atoms with Crippen LogP contribution < -0.4 is 17.2 Å². The molecule has 0 saturated carbocycles. The van der Waals surface area contributed by atoms with Gasteiger partial charge in [0.1, 0.15) is 50.3 Å². The summed E-state index contributed by atoms with van der Waals surface area (Å²) in [6.45, 7) is 0. The zero-order chi connectivity index (χ0) is 24.9. The minimum Gasteiger partial charge on any atom is -0.506 e. The Bertz CT molecular complexity index is 1710. The maximum atomic E-state index is 10.1. The molecule has 0 saturated heterocycles. The summed E-state index contributed by atoms with van der Waals surface area (Å²) in [5, 5.41) is 30.4. The number of hydrogen-bond acceptors (Lipinski definition) is 12. The molecule has 3 heterocycles. The minimum atomic E-state index is -0.128. The second kappa shape index (κ2) is 6.54. The van der Waals surface area contributed by atoms with Gasteiger partial charge in [0.05, 0.1) is 50.2 Å². The Morgan fingerprint density at radius 3 is 0.778 bits per heavy atom. The fourth-order valence-corrected chi connectivity index (χ4v) is 4.31. The van der Waals surface area contributed by atoms with Crippen molar-refractivity contribution in [3.8, 4) is 17.2 Å². The first-order chi connectivity index (χ1) is 17.3. The van der Waals surface area contributed by atoms with Gasteiger partial charge in [-0.15, -0.1) is 0 Å². The molecular weight excluding hydrogens is 462 g/mol. The molecular formula is C24H15N9O3. The van der Waals surface area contributed by atoms with E-state index in [-0.39, 0.29) is 34.3 Å². The van der Waals surface area contributed by atoms with Gasteiger partial charge in [-0.1, -0.05) is 0 Å². The number of nitrogen functional groups attached to an aromatic ring is 3. The average molecular weight is 477 g/mol. The summed E-state index contributed by atoms with van der Waals surface area (Å²) < 4.78 is 0. The molecule has 4 aromatic carbocycles. The molecule has 12 heteroatoms. The van der Waals surface area contributed by atoms with Crippen molar-refractivity contribution in [1.29, 1.82) is 0 Å². The SMILES string of the molecule is Nc1cc2nc3c4nc5cc(N)c(O)cc5nc4c4nc5cc(O)c(N)cc5nc4c3nc2cc1O. The van der Waals surface area contributed by atoms with Crippen LogP contribution in [0, 0.1) is 0 Å². The quantitative estimate of drug-likeness (QED) is 0.0804. The molecule has 0 aliphatic rings. The zero-order valence-corrected chi connectivity index (χ0v) is 18.2. The largest absolute Gasteiger partial charge is 0.506 e. The van der Waals surface area contributed by atoms with Crippen LogP contribution in [0.3, 0.4) is 0 Å². The van der Waals surface area contributed by atoms with E-state index >= 15 is 0 Å². The third-order valence-electron chi connectivity index (χ3n) is 6.11. The Balaban J connectivity index is 1.76. The van der Waals surface area contributed by atoms with Crippen LogP contribution in [0.5, 0.6) is 17.2 Å². The second-order valence-electron chi connectivity index (χ2n) is 8.46. The van der Waals surface area contributed by atoms with E-state index in [0.29, 0.717) is 66.2 Å². The molecule has 7 aromatic rings. The van der Waals surface area contributed by atoms with Gasteiger partial charge in [0.25, 0.3) is 0 Å². The standard InChI is InChI=1S/C24H15N9O3/c25-7-1-10-13(4-16(7)34)31-22-19(28-10)20-23(32-14-5-17(35)8(26)2-11(14)29-20)24-21(22)30-12-3-9(27)18(36)6-15(12)33-24/h1-6,34-36H,25-27H2. The summed E-state index contributed by atoms with van der Waals surface area (Å²) >= 11 is 0. The Labute approximate surface area is 199 Å². The molecule has 0 unspecified atom stereocenters. The first-order valence-electron chi connectivity index (χ1n) is 10.7. The molecule has 0 spiro atoms. The van der Waals surface area contributed by atoms with E-state index in [1.54, 1.807) is 0 Å². The number of nitrogens with two attached hydrogens (primary N) is 3. The van der Waals surface area contributed by atoms with E-state index in [4.69, 9.17) is 47.1 Å². The number of phenolic OH excluding ortho intramolecular Hbond substituents is 3. The van der Waals surface area contributed by atoms with Crippen molar-refractivity contribution < 1.29 is 15.3 Å². The first-order valence-corrected chi connectivity index (χ1v) is 10.7. The highest BCUT2D eigenvalue weighted by Gasteiger charge is 2.20. The number of fused-ring (bicyclic) bond motifs is 9. The van der Waals surface area contributed by atoms with E-state index < -0.39 is 0 Å². The lowest BCUT2D eigenvalue weighted by Crippen LogP contribution is -2.00. The maximum Gasteiger partial charge on any atom is 0.140 e. The monoisotopic (exact) mass is 477 g/mol. The van der Waals surface area contributed by atoms with Crippen LogP contribution in [0.25, 0.3) is 66.2 Å². The summed E-state index contributed by atoms with van der Waals surface area (Å²) in [7, 11) is 0. The summed E-state index contributed by atoms with van der Waals surface area (Å²) in [4.78, 5) is 28.4. The number of nitrogens with zero attached hydrogens (tertiary/aromatic N) is 6. The van der Waals surface area contributed by atoms with Gasteiger partial charge in [-0.05, 0) is 18.2 Å². The molecule has 0 radical (unpaired) electrons. The topological polar surface area (TPSA) is 216 Å². The second-order valence-corrected chi connectivity index (χ2v) is 8.46. The minimum absolute atomic E-state index is 0.123. The lowest BCUT2D eigenvalue weighted by molar-refractivity contribution is 0.478. The third-order valence-corrected chi connectivity index (χ3v) is 6.11. The molecule has 0 aliphatic carbocycles. The van der Waals surface area contributed by atoms with Gasteiger partial charge in [-0.3, -0.25) is 0 Å². The van der Waals surface area contributed by atoms with Crippen LogP contribution in [0.15, 0.2) is 36.4 Å². The Morgan fingerprint density at radius 2 is 0.556 bits per heavy atom. The molecule has 174 valence electrons. The van der Waals surface area contributed by atoms with Crippen LogP contribution in [-0.4, -0.2) is 45.2 Å². The van der Waals surface area contributed by atoms with Crippen molar-refractivity contribution in [3.63, 3.8) is 0 Å². The number of aromatic hydroxyl groups is 3. The van der Waals surface area contributed by atoms with Crippen LogP contribution in [0.2, 0.25) is 0 Å². The third kappa shape index (κ3) is 2.63. The molecule has 0 aliphatic heterocycles. The molecule has 3 aromatic heterocycles. The van der Waals surface area contributed by atoms with E-state index in [2.05, 4.69) is 0 Å². The number of phenols is 3. The van der Waals surface area contributed by atoms with Gasteiger partial charge in [-0.2, -0.15) is 0 Å². The Hall–Kier alpha value is -5.52. The normalized spacial score (nSPS) is 12.0. The highest BCUT2D eigenvalue weighted by atomic mass is 16.3. The summed E-state index contributed by atoms with van der Waals surface area (Å²) in [5.74, 6) is -0.377. The lowest BCUT2D eigenvalue weighted by atomic mass is 10.1. The van der Waals surface area contributed by atoms with Gasteiger partial charge in [0, 0.05) is 18.2 Å². The predicted molar refractivity (Wildman–Crippen MR) is 136 cm³/mol. The van der Waals surface area contributed by atoms with E-state index in [1.165, 1.54) is 36.4 Å². The zero-order valence-electron chi connectivity index (χ0n) is 18.2. The van der Waals surface area contributed by atoms with Crippen molar-refractivity contribution >= 4 is 83.3 Å². The number of rotatable bonds is 0. The summed E-state index contributed by atoms with van der Waals surface area (Å²) in [5.41, 5.74) is 22.8. The predicted octanol–water partition coefficient (Wildman–Crippen LogP) is 2.84. The summed E-state index contributed by atoms with van der Waals surface area (Å²) in [6, 6.07) is 8.82. The fraction of sp³-hybridized carbons (Fsp3) is 0. The van der Waals surface area contributed by atoms with E-state index in [0.717, 1.165) is 0 Å². The van der Waals surface area contributed by atoms with Crippen molar-refractivity contribution in [2.75, 3.05) is 17.2 Å². The van der Waals surface area contributed by atoms with Crippen molar-refractivity contribution in [1.82, 2.24) is 29.9 Å². The van der Waals surface area contributed by atoms with Crippen molar-refractivity contribution in [2.24, 2.45) is 0 Å². The number of aromatic nitrogens is 6. The van der Waals surface area contributed by atoms with Crippen LogP contribution in [0.4, 0.5) is 17.1 Å². The number of benzene rings is 4. The Morgan fingerprint density at radius 1 is 0.361 bits per heavy atom. The van der Waals surface area contributed by atoms with Crippen molar-refractivity contribution in [3.05, 3.63) is 36.4 Å². The lowest BCUT2D eigenvalue weighted by Gasteiger charge is -2.11. The van der Waals surface area contributed by atoms with E-state index in [9.17, 15) is 15.3 Å². The Kier molecular flexibility index (Phi) is 3.61. The van der Waals surface area contributed by atoms with Gasteiger partial charge in [-0.25, -0.2) is 29.9 Å². The first kappa shape index (κ1) is 19.9. The maximum absolute atomic E-state index is 10.1. The number of hydrogen-bond donors (Lipinski definition) is 6. The van der Waals surface area contributed by atoms with Gasteiger partial charge in [0.15, 0.2) is 0 Å². The summed E-state index contributed by atoms with van der Waals surface area (Å²) in [6.07, 6.45) is 0. The number of anilines is 3. The molecule has 12 nitrogen and oxygen atoms in total. The molecule has 9 N–H and O–H groups in total. The molecule has 0 bridgehead atoms. The van der Waals surface area contributed by atoms with Gasteiger partial charge in [0.2, 0.25) is 0 Å². The molecule has 0 atom stereocenters. The highest BCUT2D eigenvalue weighted by Crippen LogP contribution is 2.36. The van der Waals surface area contributed by atoms with Gasteiger partial charge >= 0.3 is 0 Å². The molecule has 7 rings (SSSR count). The van der Waals surface area contributed by atoms with Crippen LogP contribution >= 0.6 is 0 Å². The molecule has 0 amide bonds. The van der Waals surface area contributed by atoms with Gasteiger partial charge < -0.3 is 32.5 Å². The fourth-order valence-electron chi connectivity index (χ4n) is 4.31. The van der Waals surface area contributed by atoms with Crippen LogP contribution in [0.1, 0.15) is 0 Å². The molecule has 36 heavy (non-hydrogen) atoms. The average Bonchev–Trinajstić information content (AvgIpc) is 2.84. The highest BCUT2D eigenvalue weighted by molar-refractivity contribution is 6.21.